The standard InChI is InChI=1S/C17H26FN7O3S/c1-10(2)19-17(26)15-9-24(22-20-15)8-14-6-13(18)7-25(14)29(27,28)16-11(3)21-23(5)12(16)4/h9-10,13-14H,6-8H2,1-5H3,(H,19,26)/t13-,14-/m0/s1. The Morgan fingerprint density at radius 1 is 1.38 bits per heavy atom. The lowest BCUT2D eigenvalue weighted by molar-refractivity contribution is 0.0938. The summed E-state index contributed by atoms with van der Waals surface area (Å²) in [5.41, 5.74) is 0.998. The average Bonchev–Trinajstić information content (AvgIpc) is 3.27. The number of amides is 1. The average molecular weight is 428 g/mol. The van der Waals surface area contributed by atoms with E-state index >= 15 is 0 Å². The van der Waals surface area contributed by atoms with Crippen LogP contribution in [0.15, 0.2) is 11.1 Å². The van der Waals surface area contributed by atoms with E-state index in [0.717, 1.165) is 0 Å². The van der Waals surface area contributed by atoms with Gasteiger partial charge in [0.25, 0.3) is 5.91 Å². The summed E-state index contributed by atoms with van der Waals surface area (Å²) in [4.78, 5) is 12.1. The van der Waals surface area contributed by atoms with Crippen molar-refractivity contribution < 1.29 is 17.6 Å². The molecule has 0 aromatic carbocycles. The Balaban J connectivity index is 1.84. The topological polar surface area (TPSA) is 115 Å². The summed E-state index contributed by atoms with van der Waals surface area (Å²) >= 11 is 0. The van der Waals surface area contributed by atoms with E-state index in [1.54, 1.807) is 20.9 Å². The molecule has 3 rings (SSSR count). The van der Waals surface area contributed by atoms with E-state index in [1.807, 2.05) is 13.8 Å². The van der Waals surface area contributed by atoms with Crippen LogP contribution in [0.25, 0.3) is 0 Å². The van der Waals surface area contributed by atoms with Crippen LogP contribution >= 0.6 is 0 Å². The molecule has 29 heavy (non-hydrogen) atoms. The second-order valence-electron chi connectivity index (χ2n) is 7.64. The molecule has 1 fully saturated rings. The minimum absolute atomic E-state index is 0.0466. The Morgan fingerprint density at radius 3 is 2.66 bits per heavy atom. The molecule has 0 saturated carbocycles. The zero-order chi connectivity index (χ0) is 21.5. The molecule has 0 unspecified atom stereocenters. The largest absolute Gasteiger partial charge is 0.348 e. The van der Waals surface area contributed by atoms with Crippen LogP contribution < -0.4 is 5.32 Å². The van der Waals surface area contributed by atoms with E-state index < -0.39 is 22.2 Å². The van der Waals surface area contributed by atoms with Crippen LogP contribution in [0, 0.1) is 13.8 Å². The molecule has 2 aromatic heterocycles. The monoisotopic (exact) mass is 427 g/mol. The Bertz CT molecular complexity index is 1010. The van der Waals surface area contributed by atoms with Crippen molar-refractivity contribution in [1.29, 1.82) is 0 Å². The summed E-state index contributed by atoms with van der Waals surface area (Å²) < 4.78 is 44.8. The number of hydrogen-bond donors (Lipinski definition) is 1. The predicted octanol–water partition coefficient (Wildman–Crippen LogP) is 0.568. The lowest BCUT2D eigenvalue weighted by atomic mass is 10.2. The van der Waals surface area contributed by atoms with Crippen LogP contribution in [0.1, 0.15) is 42.1 Å². The van der Waals surface area contributed by atoms with E-state index in [0.29, 0.717) is 11.4 Å². The molecule has 0 bridgehead atoms. The zero-order valence-electron chi connectivity index (χ0n) is 17.1. The van der Waals surface area contributed by atoms with Gasteiger partial charge >= 0.3 is 0 Å². The maximum Gasteiger partial charge on any atom is 0.273 e. The predicted molar refractivity (Wildman–Crippen MR) is 102 cm³/mol. The van der Waals surface area contributed by atoms with Crippen LogP contribution in [0.5, 0.6) is 0 Å². The summed E-state index contributed by atoms with van der Waals surface area (Å²) in [5, 5.41) is 14.6. The highest BCUT2D eigenvalue weighted by Gasteiger charge is 2.42. The van der Waals surface area contributed by atoms with Gasteiger partial charge in [0.2, 0.25) is 10.0 Å². The van der Waals surface area contributed by atoms with Gasteiger partial charge in [-0.3, -0.25) is 14.2 Å². The first-order chi connectivity index (χ1) is 13.5. The molecule has 2 aromatic rings. The van der Waals surface area contributed by atoms with Crippen molar-refractivity contribution >= 4 is 15.9 Å². The van der Waals surface area contributed by atoms with Crippen molar-refractivity contribution in [3.8, 4) is 0 Å². The summed E-state index contributed by atoms with van der Waals surface area (Å²) in [6, 6.07) is -0.696. The van der Waals surface area contributed by atoms with Crippen LogP contribution in [0.3, 0.4) is 0 Å². The molecule has 1 aliphatic heterocycles. The third-order valence-corrected chi connectivity index (χ3v) is 7.08. The fraction of sp³-hybridized carbons (Fsp3) is 0.647. The SMILES string of the molecule is Cc1nn(C)c(C)c1S(=O)(=O)N1C[C@@H](F)C[C@H]1Cn1cc(C(=O)NC(C)C)nn1. The number of rotatable bonds is 6. The van der Waals surface area contributed by atoms with Crippen LogP contribution in [0.2, 0.25) is 0 Å². The first-order valence-electron chi connectivity index (χ1n) is 9.37. The first-order valence-corrected chi connectivity index (χ1v) is 10.8. The number of nitrogens with zero attached hydrogens (tertiary/aromatic N) is 6. The van der Waals surface area contributed by atoms with Gasteiger partial charge in [-0.05, 0) is 34.1 Å². The molecular weight excluding hydrogens is 401 g/mol. The number of carbonyl (C=O) groups excluding carboxylic acids is 1. The number of alkyl halides is 1. The van der Waals surface area contributed by atoms with Crippen LogP contribution in [-0.4, -0.2) is 68.2 Å². The van der Waals surface area contributed by atoms with Gasteiger partial charge in [-0.25, -0.2) is 12.8 Å². The van der Waals surface area contributed by atoms with Crippen molar-refractivity contribution in [2.75, 3.05) is 6.54 Å². The second kappa shape index (κ2) is 7.82. The van der Waals surface area contributed by atoms with Gasteiger partial charge in [0.15, 0.2) is 5.69 Å². The smallest absolute Gasteiger partial charge is 0.273 e. The van der Waals surface area contributed by atoms with E-state index in [2.05, 4.69) is 20.7 Å². The van der Waals surface area contributed by atoms with E-state index in [4.69, 9.17) is 0 Å². The minimum Gasteiger partial charge on any atom is -0.348 e. The fourth-order valence-corrected chi connectivity index (χ4v) is 5.64. The number of nitrogens with one attached hydrogen (secondary N) is 1. The fourth-order valence-electron chi connectivity index (χ4n) is 3.58. The highest BCUT2D eigenvalue weighted by Crippen LogP contribution is 2.31. The van der Waals surface area contributed by atoms with Crippen LogP contribution in [-0.2, 0) is 23.6 Å². The number of hydrogen-bond acceptors (Lipinski definition) is 6. The number of halogens is 1. The molecule has 0 aliphatic carbocycles. The van der Waals surface area contributed by atoms with Gasteiger partial charge in [-0.1, -0.05) is 5.21 Å². The van der Waals surface area contributed by atoms with Crippen molar-refractivity contribution in [2.24, 2.45) is 7.05 Å². The summed E-state index contributed by atoms with van der Waals surface area (Å²) in [6.45, 7) is 6.81. The summed E-state index contributed by atoms with van der Waals surface area (Å²) in [6.07, 6.45) is 0.207. The number of aromatic nitrogens is 5. The van der Waals surface area contributed by atoms with Gasteiger partial charge in [-0.15, -0.1) is 5.10 Å². The van der Waals surface area contributed by atoms with Crippen LogP contribution in [0.4, 0.5) is 4.39 Å². The molecule has 1 saturated heterocycles. The molecule has 2 atom stereocenters. The minimum atomic E-state index is -3.94. The first kappa shape index (κ1) is 21.4. The van der Waals surface area contributed by atoms with Gasteiger partial charge in [0.05, 0.1) is 24.1 Å². The van der Waals surface area contributed by atoms with Crippen molar-refractivity contribution in [1.82, 2.24) is 34.4 Å². The summed E-state index contributed by atoms with van der Waals surface area (Å²) in [7, 11) is -2.27. The Morgan fingerprint density at radius 2 is 2.07 bits per heavy atom. The molecule has 1 N–H and O–H groups in total. The number of aryl methyl sites for hydroxylation is 2. The van der Waals surface area contributed by atoms with E-state index in [1.165, 1.54) is 19.9 Å². The molecule has 0 spiro atoms. The lowest BCUT2D eigenvalue weighted by Crippen LogP contribution is -2.38. The second-order valence-corrected chi connectivity index (χ2v) is 9.47. The molecule has 160 valence electrons. The van der Waals surface area contributed by atoms with E-state index in [-0.39, 0.29) is 42.0 Å². The van der Waals surface area contributed by atoms with Crippen molar-refractivity contribution in [2.45, 2.75) is 63.8 Å². The number of carbonyl (C=O) groups is 1. The number of sulfonamides is 1. The zero-order valence-corrected chi connectivity index (χ0v) is 17.9. The van der Waals surface area contributed by atoms with Crippen molar-refractivity contribution in [3.63, 3.8) is 0 Å². The Hall–Kier alpha value is -2.34. The molecule has 3 heterocycles. The Labute approximate surface area is 169 Å². The van der Waals surface area contributed by atoms with Gasteiger partial charge in [0.1, 0.15) is 11.1 Å². The quantitative estimate of drug-likeness (QED) is 0.721. The molecule has 12 heteroatoms. The van der Waals surface area contributed by atoms with E-state index in [9.17, 15) is 17.6 Å². The molecule has 1 aliphatic rings. The maximum atomic E-state index is 14.2. The van der Waals surface area contributed by atoms with Gasteiger partial charge in [-0.2, -0.15) is 9.40 Å². The highest BCUT2D eigenvalue weighted by molar-refractivity contribution is 7.89. The molecular formula is C17H26FN7O3S. The maximum absolute atomic E-state index is 14.2. The third kappa shape index (κ3) is 4.17. The third-order valence-electron chi connectivity index (χ3n) is 4.91. The molecule has 10 nitrogen and oxygen atoms in total. The van der Waals surface area contributed by atoms with Gasteiger partial charge < -0.3 is 5.32 Å². The normalized spacial score (nSPS) is 20.5. The Kier molecular flexibility index (Phi) is 5.77. The summed E-state index contributed by atoms with van der Waals surface area (Å²) in [5.74, 6) is -0.368. The van der Waals surface area contributed by atoms with Crippen molar-refractivity contribution in [3.05, 3.63) is 23.3 Å². The molecule has 0 radical (unpaired) electrons. The highest BCUT2D eigenvalue weighted by atomic mass is 32.2. The lowest BCUT2D eigenvalue weighted by Gasteiger charge is -2.23. The van der Waals surface area contributed by atoms with Gasteiger partial charge in [0, 0.05) is 25.7 Å². The molecule has 1 amide bonds.